The molecule has 33 heavy (non-hydrogen) atoms. The number of furan rings is 1. The van der Waals surface area contributed by atoms with Crippen molar-refractivity contribution in [2.24, 2.45) is 7.05 Å². The molecule has 1 atom stereocenters. The average Bonchev–Trinajstić information content (AvgIpc) is 3.37. The lowest BCUT2D eigenvalue weighted by atomic mass is 9.99. The Balaban J connectivity index is 2.02. The fourth-order valence-corrected chi connectivity index (χ4v) is 3.92. The number of Topliss-reactive ketones (excluding diaryl/α,β-unsaturated/α-hetero) is 1. The largest absolute Gasteiger partial charge is 0.467 e. The Labute approximate surface area is 191 Å². The third-order valence-electron chi connectivity index (χ3n) is 5.73. The normalized spacial score (nSPS) is 11.8. The number of hydrogen-bond acceptors (Lipinski definition) is 5. The second kappa shape index (κ2) is 9.85. The van der Waals surface area contributed by atoms with E-state index in [2.05, 4.69) is 0 Å². The van der Waals surface area contributed by atoms with Crippen molar-refractivity contribution >= 4 is 17.7 Å². The highest BCUT2D eigenvalue weighted by Crippen LogP contribution is 2.26. The topological polar surface area (TPSA) is 81.8 Å². The number of rotatable bonds is 8. The van der Waals surface area contributed by atoms with Crippen LogP contribution in [0.4, 0.5) is 4.39 Å². The number of carbonyl (C=O) groups is 3. The third-order valence-corrected chi connectivity index (χ3v) is 5.73. The van der Waals surface area contributed by atoms with Crippen LogP contribution in [0, 0.1) is 19.7 Å². The molecule has 0 aliphatic carbocycles. The lowest BCUT2D eigenvalue weighted by molar-refractivity contribution is 0.0513. The Hall–Kier alpha value is -3.68. The molecule has 2 heterocycles. The smallest absolute Gasteiger partial charge is 0.355 e. The first kappa shape index (κ1) is 24.0. The zero-order chi connectivity index (χ0) is 24.3. The summed E-state index contributed by atoms with van der Waals surface area (Å²) in [5.41, 5.74) is 1.84. The number of esters is 1. The van der Waals surface area contributed by atoms with Gasteiger partial charge in [0.05, 0.1) is 25.5 Å². The van der Waals surface area contributed by atoms with Gasteiger partial charge in [-0.1, -0.05) is 6.07 Å². The molecule has 0 aliphatic rings. The Bertz CT molecular complexity index is 1180. The van der Waals surface area contributed by atoms with Crippen LogP contribution in [0.5, 0.6) is 0 Å². The minimum atomic E-state index is -0.916. The second-order valence-electron chi connectivity index (χ2n) is 7.78. The van der Waals surface area contributed by atoms with Gasteiger partial charge in [-0.15, -0.1) is 0 Å². The molecule has 0 fully saturated rings. The molecule has 1 aromatic carbocycles. The summed E-state index contributed by atoms with van der Waals surface area (Å²) in [5.74, 6) is -1.44. The molecule has 0 saturated carbocycles. The summed E-state index contributed by atoms with van der Waals surface area (Å²) >= 11 is 0. The van der Waals surface area contributed by atoms with Crippen molar-refractivity contribution in [2.75, 3.05) is 6.61 Å². The van der Waals surface area contributed by atoms with Crippen molar-refractivity contribution in [3.05, 3.63) is 82.3 Å². The van der Waals surface area contributed by atoms with Crippen LogP contribution in [0.15, 0.2) is 47.1 Å². The maximum atomic E-state index is 13.8. The van der Waals surface area contributed by atoms with E-state index in [9.17, 15) is 18.8 Å². The highest BCUT2D eigenvalue weighted by atomic mass is 19.1. The number of ketones is 1. The molecule has 7 nitrogen and oxygen atoms in total. The van der Waals surface area contributed by atoms with Crippen molar-refractivity contribution < 1.29 is 27.9 Å². The second-order valence-corrected chi connectivity index (χ2v) is 7.78. The maximum absolute atomic E-state index is 13.8. The number of nitrogens with zero attached hydrogens (tertiary/aromatic N) is 2. The van der Waals surface area contributed by atoms with Crippen molar-refractivity contribution in [3.8, 4) is 0 Å². The van der Waals surface area contributed by atoms with Crippen LogP contribution in [0.3, 0.4) is 0 Å². The Morgan fingerprint density at radius 2 is 1.91 bits per heavy atom. The summed E-state index contributed by atoms with van der Waals surface area (Å²) < 4.78 is 25.9. The van der Waals surface area contributed by atoms with E-state index >= 15 is 0 Å². The van der Waals surface area contributed by atoms with Crippen LogP contribution in [0.2, 0.25) is 0 Å². The first-order valence-corrected chi connectivity index (χ1v) is 10.6. The number of carbonyl (C=O) groups excluding carboxylic acids is 3. The van der Waals surface area contributed by atoms with Crippen molar-refractivity contribution in [3.63, 3.8) is 0 Å². The van der Waals surface area contributed by atoms with Gasteiger partial charge < -0.3 is 18.6 Å². The monoisotopic (exact) mass is 454 g/mol. The van der Waals surface area contributed by atoms with Crippen molar-refractivity contribution in [1.29, 1.82) is 0 Å². The molecular formula is C25H27FN2O5. The summed E-state index contributed by atoms with van der Waals surface area (Å²) in [5, 5.41) is 0. The lowest BCUT2D eigenvalue weighted by Crippen LogP contribution is -2.43. The third kappa shape index (κ3) is 4.74. The van der Waals surface area contributed by atoms with Crippen LogP contribution in [-0.4, -0.2) is 39.8 Å². The van der Waals surface area contributed by atoms with E-state index in [0.717, 1.165) is 6.07 Å². The van der Waals surface area contributed by atoms with E-state index in [0.29, 0.717) is 28.3 Å². The quantitative estimate of drug-likeness (QED) is 0.371. The molecule has 0 N–H and O–H groups in total. The summed E-state index contributed by atoms with van der Waals surface area (Å²) in [6, 6.07) is 7.78. The Morgan fingerprint density at radius 1 is 1.18 bits per heavy atom. The first-order valence-electron chi connectivity index (χ1n) is 10.6. The van der Waals surface area contributed by atoms with E-state index in [-0.39, 0.29) is 24.5 Å². The predicted molar refractivity (Wildman–Crippen MR) is 120 cm³/mol. The molecule has 3 aromatic rings. The molecule has 0 bridgehead atoms. The van der Waals surface area contributed by atoms with Crippen LogP contribution in [-0.2, 0) is 18.3 Å². The Morgan fingerprint density at radius 3 is 2.52 bits per heavy atom. The molecule has 8 heteroatoms. The lowest BCUT2D eigenvalue weighted by Gasteiger charge is -2.28. The summed E-state index contributed by atoms with van der Waals surface area (Å²) in [4.78, 5) is 40.8. The number of amides is 1. The van der Waals surface area contributed by atoms with Gasteiger partial charge in [0.15, 0.2) is 5.78 Å². The minimum Gasteiger partial charge on any atom is -0.467 e. The molecule has 0 aliphatic heterocycles. The van der Waals surface area contributed by atoms with Gasteiger partial charge in [-0.05, 0) is 63.6 Å². The van der Waals surface area contributed by atoms with Gasteiger partial charge >= 0.3 is 5.97 Å². The van der Waals surface area contributed by atoms with E-state index in [1.807, 2.05) is 0 Å². The molecule has 3 rings (SSSR count). The summed E-state index contributed by atoms with van der Waals surface area (Å²) in [6.45, 7) is 6.97. The van der Waals surface area contributed by atoms with Crippen molar-refractivity contribution in [2.45, 2.75) is 40.3 Å². The molecule has 0 saturated heterocycles. The standard InChI is InChI=1S/C25H27FN2O5/c1-6-32-25(31)22-15(2)21(16(3)27(22)5)23(29)17(4)28(14-20-11-8-12-33-20)24(30)18-9-7-10-19(26)13-18/h7-13,17H,6,14H2,1-5H3. The van der Waals surface area contributed by atoms with Gasteiger partial charge in [0.2, 0.25) is 0 Å². The van der Waals surface area contributed by atoms with Gasteiger partial charge in [-0.2, -0.15) is 0 Å². The van der Waals surface area contributed by atoms with Gasteiger partial charge in [0, 0.05) is 23.9 Å². The van der Waals surface area contributed by atoms with Crippen molar-refractivity contribution in [1.82, 2.24) is 9.47 Å². The minimum absolute atomic E-state index is 0.0188. The zero-order valence-corrected chi connectivity index (χ0v) is 19.3. The van der Waals surface area contributed by atoms with Crippen LogP contribution in [0.25, 0.3) is 0 Å². The fraction of sp³-hybridized carbons (Fsp3) is 0.320. The Kier molecular flexibility index (Phi) is 7.16. The van der Waals surface area contributed by atoms with Gasteiger partial charge in [-0.25, -0.2) is 9.18 Å². The zero-order valence-electron chi connectivity index (χ0n) is 19.3. The van der Waals surface area contributed by atoms with E-state index in [1.165, 1.54) is 29.4 Å². The van der Waals surface area contributed by atoms with E-state index < -0.39 is 23.7 Å². The number of benzene rings is 1. The fourth-order valence-electron chi connectivity index (χ4n) is 3.92. The number of ether oxygens (including phenoxy) is 1. The van der Waals surface area contributed by atoms with Gasteiger partial charge in [0.25, 0.3) is 5.91 Å². The first-order chi connectivity index (χ1) is 15.7. The molecule has 2 aromatic heterocycles. The molecule has 1 unspecified atom stereocenters. The summed E-state index contributed by atoms with van der Waals surface area (Å²) in [6.07, 6.45) is 1.48. The summed E-state index contributed by atoms with van der Waals surface area (Å²) in [7, 11) is 1.69. The van der Waals surface area contributed by atoms with Crippen LogP contribution < -0.4 is 0 Å². The van der Waals surface area contributed by atoms with Gasteiger partial charge in [-0.3, -0.25) is 9.59 Å². The predicted octanol–water partition coefficient (Wildman–Crippen LogP) is 4.46. The molecule has 0 radical (unpaired) electrons. The van der Waals surface area contributed by atoms with E-state index in [4.69, 9.17) is 9.15 Å². The maximum Gasteiger partial charge on any atom is 0.355 e. The number of hydrogen-bond donors (Lipinski definition) is 0. The van der Waals surface area contributed by atoms with Crippen LogP contribution in [0.1, 0.15) is 62.1 Å². The highest BCUT2D eigenvalue weighted by molar-refractivity contribution is 6.07. The average molecular weight is 454 g/mol. The molecule has 1 amide bonds. The molecule has 0 spiro atoms. The van der Waals surface area contributed by atoms with Crippen LogP contribution >= 0.6 is 0 Å². The molecular weight excluding hydrogens is 427 g/mol. The van der Waals surface area contributed by atoms with Gasteiger partial charge in [0.1, 0.15) is 17.3 Å². The number of aromatic nitrogens is 1. The highest BCUT2D eigenvalue weighted by Gasteiger charge is 2.33. The number of halogens is 1. The molecule has 174 valence electrons. The SMILES string of the molecule is CCOC(=O)c1c(C)c(C(=O)C(C)N(Cc2ccco2)C(=O)c2cccc(F)c2)c(C)n1C. The van der Waals surface area contributed by atoms with E-state index in [1.54, 1.807) is 51.4 Å².